The maximum Gasteiger partial charge on any atom is 0.136 e. The Morgan fingerprint density at radius 1 is 0.846 bits per heavy atom. The smallest absolute Gasteiger partial charge is 0.136 e. The van der Waals surface area contributed by atoms with Crippen molar-refractivity contribution < 1.29 is 0 Å². The number of rotatable bonds is 4. The average Bonchev–Trinajstić information content (AvgIpc) is 3.17. The third kappa shape index (κ3) is 3.90. The van der Waals surface area contributed by atoms with Crippen LogP contribution in [0.1, 0.15) is 18.7 Å². The van der Waals surface area contributed by atoms with Crippen molar-refractivity contribution in [3.05, 3.63) is 36.2 Å². The Balaban J connectivity index is 1.47. The van der Waals surface area contributed by atoms with Crippen LogP contribution in [0.4, 0.5) is 23.0 Å². The Hall–Kier alpha value is -2.34. The summed E-state index contributed by atoms with van der Waals surface area (Å²) in [5.41, 5.74) is 2.38. The molecule has 2 aliphatic rings. The minimum absolute atomic E-state index is 0.803. The average molecular weight is 352 g/mol. The number of nitrogens with one attached hydrogen (secondary N) is 1. The molecule has 0 unspecified atom stereocenters. The molecule has 0 atom stereocenters. The highest BCUT2D eigenvalue weighted by Gasteiger charge is 2.17. The topological polar surface area (TPSA) is 47.5 Å². The van der Waals surface area contributed by atoms with Crippen molar-refractivity contribution in [3.8, 4) is 0 Å². The third-order valence-electron chi connectivity index (χ3n) is 5.26. The molecule has 0 saturated carbocycles. The summed E-state index contributed by atoms with van der Waals surface area (Å²) in [7, 11) is 2.17. The molecule has 0 aliphatic carbocycles. The first kappa shape index (κ1) is 17.1. The Morgan fingerprint density at radius 2 is 1.54 bits per heavy atom. The number of hydrogen-bond acceptors (Lipinski definition) is 6. The Kier molecular flexibility index (Phi) is 4.93. The molecule has 0 radical (unpaired) electrons. The number of hydrogen-bond donors (Lipinski definition) is 1. The van der Waals surface area contributed by atoms with E-state index < -0.39 is 0 Å². The van der Waals surface area contributed by atoms with Gasteiger partial charge in [0.25, 0.3) is 0 Å². The summed E-state index contributed by atoms with van der Waals surface area (Å²) in [5, 5.41) is 3.44. The predicted octanol–water partition coefficient (Wildman–Crippen LogP) is 2.88. The molecular formula is C20H28N6. The van der Waals surface area contributed by atoms with E-state index >= 15 is 0 Å². The van der Waals surface area contributed by atoms with E-state index in [0.717, 1.165) is 49.3 Å². The van der Waals surface area contributed by atoms with Crippen LogP contribution in [0.5, 0.6) is 0 Å². The van der Waals surface area contributed by atoms with Crippen LogP contribution in [0, 0.1) is 6.92 Å². The number of piperazine rings is 1. The van der Waals surface area contributed by atoms with Gasteiger partial charge in [-0.3, -0.25) is 0 Å². The van der Waals surface area contributed by atoms with Crippen molar-refractivity contribution in [1.29, 1.82) is 0 Å². The van der Waals surface area contributed by atoms with E-state index in [1.165, 1.54) is 31.6 Å². The summed E-state index contributed by atoms with van der Waals surface area (Å²) < 4.78 is 0. The molecule has 2 aromatic rings. The van der Waals surface area contributed by atoms with Crippen LogP contribution in [0.2, 0.25) is 0 Å². The van der Waals surface area contributed by atoms with E-state index in [9.17, 15) is 0 Å². The Morgan fingerprint density at radius 3 is 2.23 bits per heavy atom. The van der Waals surface area contributed by atoms with Gasteiger partial charge in [0.2, 0.25) is 0 Å². The molecule has 6 heteroatoms. The van der Waals surface area contributed by atoms with Gasteiger partial charge >= 0.3 is 0 Å². The highest BCUT2D eigenvalue weighted by molar-refractivity contribution is 5.63. The van der Waals surface area contributed by atoms with E-state index in [0.29, 0.717) is 0 Å². The monoisotopic (exact) mass is 352 g/mol. The van der Waals surface area contributed by atoms with Gasteiger partial charge in [0, 0.05) is 56.7 Å². The van der Waals surface area contributed by atoms with Crippen LogP contribution in [0.3, 0.4) is 0 Å². The number of anilines is 4. The highest BCUT2D eigenvalue weighted by atomic mass is 15.3. The van der Waals surface area contributed by atoms with E-state index in [2.05, 4.69) is 67.4 Å². The van der Waals surface area contributed by atoms with Crippen LogP contribution in [0.15, 0.2) is 30.3 Å². The van der Waals surface area contributed by atoms with E-state index in [4.69, 9.17) is 0 Å². The van der Waals surface area contributed by atoms with Gasteiger partial charge in [0.15, 0.2) is 0 Å². The van der Waals surface area contributed by atoms with Gasteiger partial charge in [0.1, 0.15) is 17.5 Å². The lowest BCUT2D eigenvalue weighted by molar-refractivity contribution is 0.312. The maximum atomic E-state index is 4.64. The molecule has 0 spiro atoms. The zero-order chi connectivity index (χ0) is 17.9. The van der Waals surface area contributed by atoms with Gasteiger partial charge in [-0.1, -0.05) is 0 Å². The van der Waals surface area contributed by atoms with Gasteiger partial charge in [-0.25, -0.2) is 9.97 Å². The number of benzene rings is 1. The summed E-state index contributed by atoms with van der Waals surface area (Å²) in [4.78, 5) is 16.4. The zero-order valence-corrected chi connectivity index (χ0v) is 15.8. The lowest BCUT2D eigenvalue weighted by Gasteiger charge is -2.33. The lowest BCUT2D eigenvalue weighted by Crippen LogP contribution is -2.44. The number of aryl methyl sites for hydroxylation is 1. The fraction of sp³-hybridized carbons (Fsp3) is 0.500. The molecule has 3 heterocycles. The molecule has 2 saturated heterocycles. The summed E-state index contributed by atoms with van der Waals surface area (Å²) in [6, 6.07) is 10.7. The number of aromatic nitrogens is 2. The van der Waals surface area contributed by atoms with Gasteiger partial charge in [-0.2, -0.15) is 0 Å². The van der Waals surface area contributed by atoms with Crippen LogP contribution in [-0.2, 0) is 0 Å². The number of nitrogens with zero attached hydrogens (tertiary/aromatic N) is 5. The molecule has 0 bridgehead atoms. The van der Waals surface area contributed by atoms with Crippen molar-refractivity contribution in [2.24, 2.45) is 0 Å². The molecule has 4 rings (SSSR count). The Bertz CT molecular complexity index is 730. The molecule has 2 fully saturated rings. The van der Waals surface area contributed by atoms with Gasteiger partial charge < -0.3 is 20.0 Å². The second-order valence-electron chi connectivity index (χ2n) is 7.31. The minimum Gasteiger partial charge on any atom is -0.372 e. The first-order valence-corrected chi connectivity index (χ1v) is 9.58. The number of likely N-dealkylation sites (N-methyl/N-ethyl adjacent to an activating group) is 1. The predicted molar refractivity (Wildman–Crippen MR) is 108 cm³/mol. The van der Waals surface area contributed by atoms with Gasteiger partial charge in [0.05, 0.1) is 0 Å². The molecule has 138 valence electrons. The van der Waals surface area contributed by atoms with Crippen molar-refractivity contribution >= 4 is 23.0 Å². The lowest BCUT2D eigenvalue weighted by atomic mass is 10.2. The van der Waals surface area contributed by atoms with Crippen molar-refractivity contribution in [2.45, 2.75) is 19.8 Å². The summed E-state index contributed by atoms with van der Waals surface area (Å²) >= 11 is 0. The largest absolute Gasteiger partial charge is 0.372 e. The fourth-order valence-electron chi connectivity index (χ4n) is 3.69. The molecular weight excluding hydrogens is 324 g/mol. The normalized spacial score (nSPS) is 18.4. The second kappa shape index (κ2) is 7.50. The van der Waals surface area contributed by atoms with E-state index in [1.807, 2.05) is 6.92 Å². The molecule has 0 amide bonds. The zero-order valence-electron chi connectivity index (χ0n) is 15.8. The second-order valence-corrected chi connectivity index (χ2v) is 7.31. The Labute approximate surface area is 155 Å². The van der Waals surface area contributed by atoms with Crippen molar-refractivity contribution in [1.82, 2.24) is 14.9 Å². The van der Waals surface area contributed by atoms with Crippen LogP contribution >= 0.6 is 0 Å². The summed E-state index contributed by atoms with van der Waals surface area (Å²) in [5.74, 6) is 2.68. The molecule has 1 aromatic carbocycles. The van der Waals surface area contributed by atoms with Gasteiger partial charge in [-0.05, 0) is 51.1 Å². The first-order valence-electron chi connectivity index (χ1n) is 9.58. The SMILES string of the molecule is Cc1nc(Nc2ccc(N3CCCC3)cc2)cc(N2CCN(C)CC2)n1. The molecule has 6 nitrogen and oxygen atoms in total. The van der Waals surface area contributed by atoms with Crippen molar-refractivity contribution in [2.75, 3.05) is 61.4 Å². The van der Waals surface area contributed by atoms with Crippen LogP contribution < -0.4 is 15.1 Å². The van der Waals surface area contributed by atoms with E-state index in [-0.39, 0.29) is 0 Å². The minimum atomic E-state index is 0.803. The molecule has 1 N–H and O–H groups in total. The fourth-order valence-corrected chi connectivity index (χ4v) is 3.69. The van der Waals surface area contributed by atoms with Gasteiger partial charge in [-0.15, -0.1) is 0 Å². The van der Waals surface area contributed by atoms with Crippen LogP contribution in [-0.4, -0.2) is 61.2 Å². The molecule has 2 aliphatic heterocycles. The molecule has 1 aromatic heterocycles. The standard InChI is InChI=1S/C20H28N6/c1-16-21-19(15-20(22-16)26-13-11-24(2)12-14-26)23-17-5-7-18(8-6-17)25-9-3-4-10-25/h5-8,15H,3-4,9-14H2,1-2H3,(H,21,22,23). The van der Waals surface area contributed by atoms with Crippen molar-refractivity contribution in [3.63, 3.8) is 0 Å². The quantitative estimate of drug-likeness (QED) is 0.913. The summed E-state index contributed by atoms with van der Waals surface area (Å²) in [6.45, 7) is 8.47. The molecule has 26 heavy (non-hydrogen) atoms. The third-order valence-corrected chi connectivity index (χ3v) is 5.26. The first-order chi connectivity index (χ1) is 12.7. The summed E-state index contributed by atoms with van der Waals surface area (Å²) in [6.07, 6.45) is 2.60. The van der Waals surface area contributed by atoms with E-state index in [1.54, 1.807) is 0 Å². The highest BCUT2D eigenvalue weighted by Crippen LogP contribution is 2.25. The maximum absolute atomic E-state index is 4.64. The van der Waals surface area contributed by atoms with Crippen LogP contribution in [0.25, 0.3) is 0 Å².